The maximum Gasteiger partial charge on any atom is 0.302 e. The average Bonchev–Trinajstić information content (AvgIpc) is 3.31. The fraction of sp³-hybridized carbons (Fsp3) is 0.367. The number of methoxy groups -OCH3 is 2. The van der Waals surface area contributed by atoms with Gasteiger partial charge in [-0.05, 0) is 82.8 Å². The van der Waals surface area contributed by atoms with Crippen LogP contribution in [0.5, 0.6) is 11.5 Å². The van der Waals surface area contributed by atoms with Gasteiger partial charge in [0, 0.05) is 12.5 Å². The third-order valence-electron chi connectivity index (χ3n) is 6.12. The Morgan fingerprint density at radius 2 is 1.57 bits per heavy atom. The highest BCUT2D eigenvalue weighted by molar-refractivity contribution is 5.71. The fourth-order valence-corrected chi connectivity index (χ4v) is 4.18. The van der Waals surface area contributed by atoms with E-state index in [1.54, 1.807) is 19.2 Å². The lowest BCUT2D eigenvalue weighted by Gasteiger charge is -2.24. The van der Waals surface area contributed by atoms with Crippen LogP contribution < -0.4 is 9.47 Å². The van der Waals surface area contributed by atoms with E-state index in [4.69, 9.17) is 9.47 Å². The largest absolute Gasteiger partial charge is 0.497 e. The minimum absolute atomic E-state index is 0.144. The van der Waals surface area contributed by atoms with Crippen molar-refractivity contribution >= 4 is 5.97 Å². The molecule has 4 rings (SSSR count). The number of benzene rings is 3. The summed E-state index contributed by atoms with van der Waals surface area (Å²) in [5, 5.41) is 0. The van der Waals surface area contributed by atoms with Crippen LogP contribution in [0.3, 0.4) is 0 Å². The summed E-state index contributed by atoms with van der Waals surface area (Å²) in [6, 6.07) is 17.5. The Morgan fingerprint density at radius 3 is 2.23 bits per heavy atom. The highest BCUT2D eigenvalue weighted by Gasteiger charge is 2.21. The van der Waals surface area contributed by atoms with E-state index in [2.05, 4.69) is 49.8 Å². The van der Waals surface area contributed by atoms with E-state index < -0.39 is 0 Å². The molecule has 0 heterocycles. The van der Waals surface area contributed by atoms with E-state index in [9.17, 15) is 9.18 Å². The molecule has 1 aliphatic rings. The van der Waals surface area contributed by atoms with Crippen LogP contribution in [0.25, 0.3) is 11.1 Å². The smallest absolute Gasteiger partial charge is 0.302 e. The highest BCUT2D eigenvalue weighted by atomic mass is 19.1. The monoisotopic (exact) mass is 478 g/mol. The van der Waals surface area contributed by atoms with Gasteiger partial charge in [-0.15, -0.1) is 0 Å². The molecule has 5 heteroatoms. The van der Waals surface area contributed by atoms with Gasteiger partial charge < -0.3 is 14.2 Å². The second-order valence-corrected chi connectivity index (χ2v) is 9.74. The van der Waals surface area contributed by atoms with Gasteiger partial charge >= 0.3 is 5.97 Å². The Morgan fingerprint density at radius 1 is 0.886 bits per heavy atom. The van der Waals surface area contributed by atoms with Crippen molar-refractivity contribution < 1.29 is 23.4 Å². The van der Waals surface area contributed by atoms with Crippen LogP contribution in [0.1, 0.15) is 56.4 Å². The summed E-state index contributed by atoms with van der Waals surface area (Å²) in [4.78, 5) is 9.59. The number of hydrogen-bond acceptors (Lipinski definition) is 4. The van der Waals surface area contributed by atoms with Crippen LogP contribution in [0, 0.1) is 5.82 Å². The van der Waals surface area contributed by atoms with Crippen LogP contribution in [0.15, 0.2) is 54.6 Å². The summed E-state index contributed by atoms with van der Waals surface area (Å²) in [5.41, 5.74) is 6.32. The zero-order chi connectivity index (χ0) is 25.6. The molecular weight excluding hydrogens is 443 g/mol. The van der Waals surface area contributed by atoms with E-state index in [1.807, 2.05) is 12.1 Å². The van der Waals surface area contributed by atoms with E-state index in [0.717, 1.165) is 28.9 Å². The summed E-state index contributed by atoms with van der Waals surface area (Å²) >= 11 is 0. The van der Waals surface area contributed by atoms with Gasteiger partial charge in [0.2, 0.25) is 0 Å². The Balaban J connectivity index is 0.000000623. The van der Waals surface area contributed by atoms with Crippen molar-refractivity contribution in [2.45, 2.75) is 59.0 Å². The Hall–Kier alpha value is -3.34. The van der Waals surface area contributed by atoms with Gasteiger partial charge in [0.05, 0.1) is 14.2 Å². The van der Waals surface area contributed by atoms with Gasteiger partial charge in [-0.3, -0.25) is 4.79 Å². The van der Waals surface area contributed by atoms with Crippen LogP contribution in [0.4, 0.5) is 4.39 Å². The number of carbonyl (C=O) groups is 1. The van der Waals surface area contributed by atoms with Crippen molar-refractivity contribution in [3.05, 3.63) is 82.7 Å². The number of hydrogen-bond donors (Lipinski definition) is 0. The molecule has 0 fully saturated rings. The average molecular weight is 479 g/mol. The molecule has 0 spiro atoms. The predicted molar refractivity (Wildman–Crippen MR) is 138 cm³/mol. The molecule has 0 N–H and O–H groups in total. The molecule has 4 nitrogen and oxygen atoms in total. The van der Waals surface area contributed by atoms with Crippen molar-refractivity contribution in [3.63, 3.8) is 0 Å². The predicted octanol–water partition coefficient (Wildman–Crippen LogP) is 7.05. The molecule has 186 valence electrons. The minimum atomic E-state index is -0.247. The van der Waals surface area contributed by atoms with Crippen molar-refractivity contribution in [2.24, 2.45) is 0 Å². The molecule has 0 saturated heterocycles. The second-order valence-electron chi connectivity index (χ2n) is 9.74. The fourth-order valence-electron chi connectivity index (χ4n) is 4.18. The number of carbonyl (C=O) groups excluding carboxylic acids is 1. The van der Waals surface area contributed by atoms with E-state index in [1.165, 1.54) is 44.1 Å². The SMILES string of the molecule is COC(C)=O.COc1ccc(F)c(-c2ccc(COc3ccc4c(c3)CCC4)cc2C(C)(C)C)c1. The zero-order valence-electron chi connectivity index (χ0n) is 21.5. The topological polar surface area (TPSA) is 44.8 Å². The molecule has 0 amide bonds. The lowest BCUT2D eigenvalue weighted by Crippen LogP contribution is -2.14. The maximum absolute atomic E-state index is 14.7. The molecule has 1 aliphatic carbocycles. The van der Waals surface area contributed by atoms with Crippen molar-refractivity contribution in [1.29, 1.82) is 0 Å². The Bertz CT molecular complexity index is 1180. The lowest BCUT2D eigenvalue weighted by atomic mass is 9.81. The maximum atomic E-state index is 14.7. The molecule has 3 aromatic carbocycles. The van der Waals surface area contributed by atoms with Gasteiger partial charge in [-0.25, -0.2) is 4.39 Å². The molecule has 0 aliphatic heterocycles. The molecular formula is C30H35FO4. The van der Waals surface area contributed by atoms with Gasteiger partial charge in [0.25, 0.3) is 0 Å². The van der Waals surface area contributed by atoms with Gasteiger partial charge in [-0.2, -0.15) is 0 Å². The van der Waals surface area contributed by atoms with Gasteiger partial charge in [-0.1, -0.05) is 45.0 Å². The van der Waals surface area contributed by atoms with Gasteiger partial charge in [0.15, 0.2) is 0 Å². The molecule has 0 bridgehead atoms. The summed E-state index contributed by atoms with van der Waals surface area (Å²) in [5.74, 6) is 1.07. The van der Waals surface area contributed by atoms with Crippen LogP contribution in [-0.4, -0.2) is 20.2 Å². The number of ether oxygens (including phenoxy) is 3. The third-order valence-corrected chi connectivity index (χ3v) is 6.12. The molecule has 0 radical (unpaired) electrons. The Kier molecular flexibility index (Phi) is 8.55. The number of aryl methyl sites for hydroxylation is 2. The number of halogens is 1. The first-order valence-electron chi connectivity index (χ1n) is 11.9. The van der Waals surface area contributed by atoms with Gasteiger partial charge in [0.1, 0.15) is 23.9 Å². The molecule has 3 aromatic rings. The van der Waals surface area contributed by atoms with Crippen molar-refractivity contribution in [1.82, 2.24) is 0 Å². The first kappa shape index (κ1) is 26.3. The van der Waals surface area contributed by atoms with Crippen LogP contribution in [-0.2, 0) is 34.4 Å². The minimum Gasteiger partial charge on any atom is -0.497 e. The summed E-state index contributed by atoms with van der Waals surface area (Å²) in [6.45, 7) is 8.29. The quantitative estimate of drug-likeness (QED) is 0.369. The summed E-state index contributed by atoms with van der Waals surface area (Å²) < 4.78 is 30.2. The second kappa shape index (κ2) is 11.4. The number of fused-ring (bicyclic) bond motifs is 1. The summed E-state index contributed by atoms with van der Waals surface area (Å²) in [7, 11) is 2.95. The van der Waals surface area contributed by atoms with E-state index in [0.29, 0.717) is 17.9 Å². The van der Waals surface area contributed by atoms with Crippen molar-refractivity contribution in [3.8, 4) is 22.6 Å². The van der Waals surface area contributed by atoms with Crippen LogP contribution in [0.2, 0.25) is 0 Å². The third kappa shape index (κ3) is 6.84. The number of rotatable bonds is 5. The Labute approximate surface area is 208 Å². The normalized spacial score (nSPS) is 12.3. The molecule has 0 aromatic heterocycles. The van der Waals surface area contributed by atoms with Crippen molar-refractivity contribution in [2.75, 3.05) is 14.2 Å². The lowest BCUT2D eigenvalue weighted by molar-refractivity contribution is -0.137. The molecule has 0 unspecified atom stereocenters. The first-order valence-corrected chi connectivity index (χ1v) is 11.9. The standard InChI is InChI=1S/C27H29FO2.C3H6O2/c1-27(2,3)25-14-18(17-30-22-10-9-19-6-5-7-20(19)15-22)8-12-23(25)24-16-21(29-4)11-13-26(24)28;1-3(4)5-2/h8-16H,5-7,17H2,1-4H3;1-2H3. The number of esters is 1. The molecule has 0 atom stereocenters. The summed E-state index contributed by atoms with van der Waals surface area (Å²) in [6.07, 6.45) is 3.55. The van der Waals surface area contributed by atoms with E-state index >= 15 is 0 Å². The highest BCUT2D eigenvalue weighted by Crippen LogP contribution is 2.37. The first-order chi connectivity index (χ1) is 16.6. The molecule has 35 heavy (non-hydrogen) atoms. The van der Waals surface area contributed by atoms with E-state index in [-0.39, 0.29) is 17.2 Å². The zero-order valence-corrected chi connectivity index (χ0v) is 21.5. The molecule has 0 saturated carbocycles. The van der Waals surface area contributed by atoms with Crippen LogP contribution >= 0.6 is 0 Å².